The van der Waals surface area contributed by atoms with E-state index in [0.29, 0.717) is 16.5 Å². The number of hydrogen-bond acceptors (Lipinski definition) is 8. The molecule has 0 atom stereocenters. The van der Waals surface area contributed by atoms with Crippen LogP contribution in [0.2, 0.25) is 35.2 Å². The normalized spacial score (nSPS) is 11.5. The number of anilines is 2. The van der Waals surface area contributed by atoms with Crippen molar-refractivity contribution in [1.29, 1.82) is 0 Å². The Kier molecular flexibility index (Phi) is 14.1. The molecular weight excluding hydrogens is 993 g/mol. The zero-order valence-electron chi connectivity index (χ0n) is 32.4. The molecule has 8 rings (SSSR count). The first-order valence-electron chi connectivity index (χ1n) is 18.2. The van der Waals surface area contributed by atoms with Crippen LogP contribution in [0.25, 0.3) is 21.8 Å². The van der Waals surface area contributed by atoms with Crippen LogP contribution in [0.3, 0.4) is 0 Å². The van der Waals surface area contributed by atoms with Crippen LogP contribution in [0, 0.1) is 13.8 Å². The molecule has 2 N–H and O–H groups in total. The topological polar surface area (TPSA) is 137 Å². The van der Waals surface area contributed by atoms with Gasteiger partial charge in [-0.05, 0) is 104 Å². The number of pyridine rings is 2. The predicted molar refractivity (Wildman–Crippen MR) is 256 cm³/mol. The van der Waals surface area contributed by atoms with Crippen molar-refractivity contribution >= 4 is 134 Å². The van der Waals surface area contributed by atoms with E-state index in [4.69, 9.17) is 90.7 Å². The second-order valence-electron chi connectivity index (χ2n) is 13.6. The summed E-state index contributed by atoms with van der Waals surface area (Å²) in [6, 6.07) is 31.6. The fraction of sp³-hybridized carbons (Fsp3) is 0.0455. The first-order valence-corrected chi connectivity index (χ1v) is 23.8. The van der Waals surface area contributed by atoms with Crippen LogP contribution >= 0.6 is 81.2 Å². The van der Waals surface area contributed by atoms with Gasteiger partial charge >= 0.3 is 0 Å². The Morgan fingerprint density at radius 1 is 0.460 bits per heavy atom. The van der Waals surface area contributed by atoms with E-state index in [1.165, 1.54) is 48.5 Å². The Bertz CT molecular complexity index is 3260. The van der Waals surface area contributed by atoms with Gasteiger partial charge in [0.1, 0.15) is 21.3 Å². The number of ether oxygens (including phenoxy) is 2. The number of hydrogen-bond donors (Lipinski definition) is 2. The monoisotopic (exact) mass is 1020 g/mol. The van der Waals surface area contributed by atoms with E-state index in [1.807, 2.05) is 68.4 Å². The van der Waals surface area contributed by atoms with E-state index in [2.05, 4.69) is 19.4 Å². The maximum atomic E-state index is 12.9. The van der Waals surface area contributed by atoms with Gasteiger partial charge in [-0.1, -0.05) is 118 Å². The maximum absolute atomic E-state index is 12.9. The molecule has 63 heavy (non-hydrogen) atoms. The molecule has 2 aromatic heterocycles. The number of aryl methyl sites for hydroxylation is 2. The van der Waals surface area contributed by atoms with E-state index in [1.54, 1.807) is 24.5 Å². The number of sulfonamides is 2. The van der Waals surface area contributed by atoms with Gasteiger partial charge in [0.2, 0.25) is 0 Å². The minimum Gasteiger partial charge on any atom is -0.453 e. The highest BCUT2D eigenvalue weighted by Gasteiger charge is 2.23. The average molecular weight is 1020 g/mol. The zero-order chi connectivity index (χ0) is 45.2. The molecule has 2 heterocycles. The van der Waals surface area contributed by atoms with Gasteiger partial charge in [-0.15, -0.1) is 0 Å². The molecule has 8 aromatic rings. The molecule has 0 bridgehead atoms. The molecule has 19 heteroatoms. The highest BCUT2D eigenvalue weighted by atomic mass is 35.5. The van der Waals surface area contributed by atoms with Gasteiger partial charge in [0.25, 0.3) is 20.0 Å². The molecular formula is C44H29Cl7N4O6S2. The van der Waals surface area contributed by atoms with Crippen molar-refractivity contribution in [3.05, 3.63) is 174 Å². The summed E-state index contributed by atoms with van der Waals surface area (Å²) < 4.78 is 67.7. The van der Waals surface area contributed by atoms with Crippen LogP contribution in [0.15, 0.2) is 137 Å². The number of rotatable bonds is 10. The molecule has 0 unspecified atom stereocenters. The van der Waals surface area contributed by atoms with Crippen LogP contribution in [0.4, 0.5) is 11.4 Å². The minimum absolute atomic E-state index is 0.0130. The number of nitrogens with one attached hydrogen (secondary N) is 2. The third kappa shape index (κ3) is 11.0. The van der Waals surface area contributed by atoms with Crippen molar-refractivity contribution < 1.29 is 26.3 Å². The number of halogens is 7. The van der Waals surface area contributed by atoms with Crippen molar-refractivity contribution in [2.45, 2.75) is 23.6 Å². The summed E-state index contributed by atoms with van der Waals surface area (Å²) in [5.41, 5.74) is 3.66. The van der Waals surface area contributed by atoms with E-state index >= 15 is 0 Å². The fourth-order valence-electron chi connectivity index (χ4n) is 5.96. The fourth-order valence-corrected chi connectivity index (χ4v) is 10.6. The molecule has 0 aliphatic rings. The van der Waals surface area contributed by atoms with Gasteiger partial charge in [-0.25, -0.2) is 16.8 Å². The summed E-state index contributed by atoms with van der Waals surface area (Å²) >= 11 is 43.4. The smallest absolute Gasteiger partial charge is 0.263 e. The highest BCUT2D eigenvalue weighted by molar-refractivity contribution is 7.93. The lowest BCUT2D eigenvalue weighted by Crippen LogP contribution is -2.14. The molecule has 0 aliphatic heterocycles. The molecule has 6 aromatic carbocycles. The summed E-state index contributed by atoms with van der Waals surface area (Å²) in [6.07, 6.45) is 3.11. The summed E-state index contributed by atoms with van der Waals surface area (Å²) in [5.74, 6) is 1.25. The largest absolute Gasteiger partial charge is 0.453 e. The summed E-state index contributed by atoms with van der Waals surface area (Å²) in [7, 11) is -7.96. The van der Waals surface area contributed by atoms with Crippen LogP contribution in [-0.2, 0) is 20.0 Å². The quantitative estimate of drug-likeness (QED) is 0.138. The van der Waals surface area contributed by atoms with E-state index in [0.717, 1.165) is 32.9 Å². The Balaban J connectivity index is 0.000000189. The highest BCUT2D eigenvalue weighted by Crippen LogP contribution is 2.42. The van der Waals surface area contributed by atoms with E-state index in [9.17, 15) is 16.8 Å². The standard InChI is InChI=1S/C23H17Cl3N2O3S.C21H12Cl4N2O3S/c1-13-7-18(24)22(8-14(13)2)32(29,30)28-16-10-19(25)23(20(26)11-16)31-17-9-15-5-3-4-6-21(15)27-12-17;22-13-5-6-20(16(23)8-13)31(28,29)27-14-9-17(24)21(18(25)10-14)30-15-7-12-3-1-2-4-19(12)26-11-15/h3-12,28H,1-2H3;1-11,27H. The second kappa shape index (κ2) is 19.2. The van der Waals surface area contributed by atoms with E-state index in [-0.39, 0.29) is 62.8 Å². The summed E-state index contributed by atoms with van der Waals surface area (Å²) in [4.78, 5) is 8.51. The van der Waals surface area contributed by atoms with Gasteiger partial charge < -0.3 is 9.47 Å². The molecule has 0 spiro atoms. The SMILES string of the molecule is Cc1cc(Cl)c(S(=O)(=O)Nc2cc(Cl)c(Oc3cnc4ccccc4c3)c(Cl)c2)cc1C.O=S(=O)(Nc1cc(Cl)c(Oc2cnc3ccccc3c2)c(Cl)c1)c1ccc(Cl)cc1Cl. The van der Waals surface area contributed by atoms with Gasteiger partial charge in [-0.3, -0.25) is 19.4 Å². The average Bonchev–Trinajstić information content (AvgIpc) is 3.21. The van der Waals surface area contributed by atoms with Crippen molar-refractivity contribution in [2.24, 2.45) is 0 Å². The molecule has 10 nitrogen and oxygen atoms in total. The number of para-hydroxylation sites is 2. The third-order valence-corrected chi connectivity index (χ3v) is 14.2. The Morgan fingerprint density at radius 3 is 1.33 bits per heavy atom. The van der Waals surface area contributed by atoms with Gasteiger partial charge in [0, 0.05) is 15.8 Å². The summed E-state index contributed by atoms with van der Waals surface area (Å²) in [6.45, 7) is 3.67. The minimum atomic E-state index is -4.00. The van der Waals surface area contributed by atoms with Crippen molar-refractivity contribution in [3.63, 3.8) is 0 Å². The molecule has 0 aliphatic carbocycles. The maximum Gasteiger partial charge on any atom is 0.263 e. The summed E-state index contributed by atoms with van der Waals surface area (Å²) in [5, 5.41) is 2.70. The Hall–Kier alpha value is -4.73. The zero-order valence-corrected chi connectivity index (χ0v) is 39.4. The third-order valence-electron chi connectivity index (χ3n) is 9.09. The first-order chi connectivity index (χ1) is 29.9. The van der Waals surface area contributed by atoms with Crippen LogP contribution in [0.5, 0.6) is 23.0 Å². The molecule has 322 valence electrons. The van der Waals surface area contributed by atoms with Gasteiger partial charge in [0.05, 0.1) is 64.9 Å². The molecule has 0 fully saturated rings. The lowest BCUT2D eigenvalue weighted by atomic mass is 10.1. The Labute approximate surface area is 397 Å². The number of aromatic nitrogens is 2. The number of fused-ring (bicyclic) bond motifs is 2. The Morgan fingerprint density at radius 2 is 0.873 bits per heavy atom. The van der Waals surface area contributed by atoms with Crippen molar-refractivity contribution in [1.82, 2.24) is 9.97 Å². The van der Waals surface area contributed by atoms with Crippen molar-refractivity contribution in [3.8, 4) is 23.0 Å². The van der Waals surface area contributed by atoms with Crippen LogP contribution in [0.1, 0.15) is 11.1 Å². The molecule has 0 amide bonds. The molecule has 0 saturated heterocycles. The lowest BCUT2D eigenvalue weighted by Gasteiger charge is -2.14. The second-order valence-corrected chi connectivity index (χ2v) is 19.8. The van der Waals surface area contributed by atoms with Crippen molar-refractivity contribution in [2.75, 3.05) is 9.44 Å². The van der Waals surface area contributed by atoms with E-state index < -0.39 is 20.0 Å². The first kappa shape index (κ1) is 46.3. The molecule has 0 radical (unpaired) electrons. The van der Waals surface area contributed by atoms with Gasteiger partial charge in [-0.2, -0.15) is 0 Å². The van der Waals surface area contributed by atoms with Gasteiger partial charge in [0.15, 0.2) is 11.5 Å². The number of benzene rings is 6. The van der Waals surface area contributed by atoms with Crippen LogP contribution < -0.4 is 18.9 Å². The lowest BCUT2D eigenvalue weighted by molar-refractivity contribution is 0.481. The number of nitrogens with zero attached hydrogens (tertiary/aromatic N) is 2. The van der Waals surface area contributed by atoms with Crippen LogP contribution in [-0.4, -0.2) is 26.8 Å². The predicted octanol–water partition coefficient (Wildman–Crippen LogP) is 14.8. The molecule has 0 saturated carbocycles.